The topological polar surface area (TPSA) is 38.9 Å². The highest BCUT2D eigenvalue weighted by atomic mass is 16.3. The molecule has 234 valence electrons. The molecule has 0 fully saturated rings. The van der Waals surface area contributed by atoms with Crippen molar-refractivity contribution in [2.75, 3.05) is 0 Å². The van der Waals surface area contributed by atoms with Gasteiger partial charge in [-0.25, -0.2) is 9.97 Å². The highest BCUT2D eigenvalue weighted by Crippen LogP contribution is 2.56. The quantitative estimate of drug-likeness (QED) is 0.195. The molecule has 2 heterocycles. The lowest BCUT2D eigenvalue weighted by Crippen LogP contribution is -2.17. The number of hydrogen-bond donors (Lipinski definition) is 0. The molecule has 0 spiro atoms. The molecule has 0 unspecified atom stereocenters. The molecule has 6 aromatic carbocycles. The molecule has 2 aliphatic rings. The minimum absolute atomic E-state index is 0.0269. The second-order valence-corrected chi connectivity index (χ2v) is 14.6. The van der Waals surface area contributed by atoms with Crippen molar-refractivity contribution in [2.45, 2.75) is 38.5 Å². The molecule has 0 amide bonds. The first-order valence-electron chi connectivity index (χ1n) is 17.1. The predicted octanol–water partition coefficient (Wildman–Crippen LogP) is 12.0. The lowest BCUT2D eigenvalue weighted by molar-refractivity contribution is 0.652. The lowest BCUT2D eigenvalue weighted by Gasteiger charge is -2.24. The number of nitrogens with zero attached hydrogens (tertiary/aromatic N) is 2. The van der Waals surface area contributed by atoms with E-state index in [0.29, 0.717) is 11.4 Å². The molecule has 3 nitrogen and oxygen atoms in total. The molecule has 0 saturated heterocycles. The smallest absolute Gasteiger partial charge is 0.180 e. The van der Waals surface area contributed by atoms with Crippen molar-refractivity contribution in [3.8, 4) is 56.0 Å². The second-order valence-electron chi connectivity index (χ2n) is 14.6. The zero-order valence-corrected chi connectivity index (χ0v) is 28.0. The molecule has 2 aromatic heterocycles. The van der Waals surface area contributed by atoms with Crippen LogP contribution >= 0.6 is 0 Å². The van der Waals surface area contributed by atoms with Gasteiger partial charge in [0.15, 0.2) is 11.4 Å². The summed E-state index contributed by atoms with van der Waals surface area (Å²) in [4.78, 5) is 10.1. The van der Waals surface area contributed by atoms with Crippen LogP contribution < -0.4 is 0 Å². The molecular formula is C46H34N2O. The van der Waals surface area contributed by atoms with Crippen LogP contribution in [0.15, 0.2) is 138 Å². The van der Waals surface area contributed by atoms with Crippen molar-refractivity contribution in [3.05, 3.63) is 156 Å². The van der Waals surface area contributed by atoms with Crippen LogP contribution in [0.1, 0.15) is 49.9 Å². The summed E-state index contributed by atoms with van der Waals surface area (Å²) in [5, 5.41) is 0.993. The maximum absolute atomic E-state index is 6.44. The Morgan fingerprint density at radius 1 is 0.449 bits per heavy atom. The maximum Gasteiger partial charge on any atom is 0.180 e. The van der Waals surface area contributed by atoms with E-state index in [0.717, 1.165) is 38.9 Å². The van der Waals surface area contributed by atoms with E-state index in [2.05, 4.69) is 125 Å². The average Bonchev–Trinajstić information content (AvgIpc) is 3.70. The number of fused-ring (bicyclic) bond motifs is 9. The van der Waals surface area contributed by atoms with Gasteiger partial charge < -0.3 is 4.42 Å². The van der Waals surface area contributed by atoms with Crippen LogP contribution in [-0.4, -0.2) is 9.97 Å². The molecular weight excluding hydrogens is 597 g/mol. The maximum atomic E-state index is 6.44. The summed E-state index contributed by atoms with van der Waals surface area (Å²) in [7, 11) is 0. The Kier molecular flexibility index (Phi) is 5.69. The molecule has 3 heteroatoms. The fourth-order valence-corrected chi connectivity index (χ4v) is 8.46. The van der Waals surface area contributed by atoms with Crippen LogP contribution in [-0.2, 0) is 10.8 Å². The van der Waals surface area contributed by atoms with E-state index in [1.807, 2.05) is 36.4 Å². The third-order valence-corrected chi connectivity index (χ3v) is 11.1. The first-order chi connectivity index (χ1) is 23.8. The van der Waals surface area contributed by atoms with Gasteiger partial charge >= 0.3 is 0 Å². The summed E-state index contributed by atoms with van der Waals surface area (Å²) >= 11 is 0. The molecule has 8 aromatic rings. The number of hydrogen-bond acceptors (Lipinski definition) is 3. The number of aromatic nitrogens is 2. The van der Waals surface area contributed by atoms with Gasteiger partial charge in [-0.05, 0) is 92.0 Å². The summed E-state index contributed by atoms with van der Waals surface area (Å²) in [5.41, 5.74) is 18.4. The zero-order valence-electron chi connectivity index (χ0n) is 28.0. The largest absolute Gasteiger partial charge is 0.452 e. The van der Waals surface area contributed by atoms with E-state index < -0.39 is 0 Å². The second kappa shape index (κ2) is 9.87. The van der Waals surface area contributed by atoms with Crippen molar-refractivity contribution in [1.29, 1.82) is 0 Å². The van der Waals surface area contributed by atoms with Gasteiger partial charge in [0.2, 0.25) is 0 Å². The van der Waals surface area contributed by atoms with Gasteiger partial charge in [-0.2, -0.15) is 0 Å². The Labute approximate surface area is 285 Å². The summed E-state index contributed by atoms with van der Waals surface area (Å²) in [6.45, 7) is 9.47. The van der Waals surface area contributed by atoms with Crippen molar-refractivity contribution < 1.29 is 4.42 Å². The van der Waals surface area contributed by atoms with E-state index in [1.54, 1.807) is 0 Å². The standard InChI is InChI=1S/C46H34N2O/c1-45(2)36-19-10-8-17-31(36)34-25-39-35(26-38(34)45)32-22-21-29(24-37(32)46(39,3)4)28-15-12-16-30(23-28)41-43-42(33-18-9-11-20-40(33)49-43)48-44(47-41)27-13-6-5-7-14-27/h5-26H,1-4H3. The molecule has 0 bridgehead atoms. The Morgan fingerprint density at radius 2 is 1.06 bits per heavy atom. The summed E-state index contributed by atoms with van der Waals surface area (Å²) in [5.74, 6) is 0.690. The molecule has 0 atom stereocenters. The van der Waals surface area contributed by atoms with E-state index in [9.17, 15) is 0 Å². The highest BCUT2D eigenvalue weighted by molar-refractivity contribution is 6.07. The SMILES string of the molecule is CC1(C)c2ccccc2-c2cc3c(cc21)-c1ccc(-c2cccc(-c4nc(-c5ccccc5)nc5c4oc4ccccc45)c2)cc1C3(C)C. The third-order valence-electron chi connectivity index (χ3n) is 11.1. The Morgan fingerprint density at radius 3 is 1.88 bits per heavy atom. The van der Waals surface area contributed by atoms with E-state index in [4.69, 9.17) is 14.4 Å². The molecule has 0 aliphatic heterocycles. The van der Waals surface area contributed by atoms with Gasteiger partial charge in [0, 0.05) is 27.3 Å². The van der Waals surface area contributed by atoms with Crippen LogP contribution in [0.25, 0.3) is 78.1 Å². The van der Waals surface area contributed by atoms with Crippen LogP contribution in [0.5, 0.6) is 0 Å². The molecule has 10 rings (SSSR count). The van der Waals surface area contributed by atoms with Crippen molar-refractivity contribution in [2.24, 2.45) is 0 Å². The number of furan rings is 1. The third kappa shape index (κ3) is 3.96. The monoisotopic (exact) mass is 630 g/mol. The van der Waals surface area contributed by atoms with Gasteiger partial charge in [0.1, 0.15) is 16.8 Å². The van der Waals surface area contributed by atoms with Gasteiger partial charge in [0.25, 0.3) is 0 Å². The van der Waals surface area contributed by atoms with Crippen LogP contribution in [0, 0.1) is 0 Å². The number of benzene rings is 6. The normalized spacial score (nSPS) is 14.9. The van der Waals surface area contributed by atoms with E-state index >= 15 is 0 Å². The van der Waals surface area contributed by atoms with Crippen LogP contribution in [0.4, 0.5) is 0 Å². The van der Waals surface area contributed by atoms with Gasteiger partial charge in [0.05, 0.1) is 0 Å². The average molecular weight is 631 g/mol. The van der Waals surface area contributed by atoms with E-state index in [-0.39, 0.29) is 10.8 Å². The van der Waals surface area contributed by atoms with Gasteiger partial charge in [-0.1, -0.05) is 125 Å². The first kappa shape index (κ1) is 28.2. The first-order valence-corrected chi connectivity index (χ1v) is 17.1. The van der Waals surface area contributed by atoms with Crippen LogP contribution in [0.3, 0.4) is 0 Å². The van der Waals surface area contributed by atoms with E-state index in [1.165, 1.54) is 50.1 Å². The number of rotatable bonds is 3. The lowest BCUT2D eigenvalue weighted by atomic mass is 9.79. The van der Waals surface area contributed by atoms with Crippen molar-refractivity contribution in [1.82, 2.24) is 9.97 Å². The van der Waals surface area contributed by atoms with Gasteiger partial charge in [-0.3, -0.25) is 0 Å². The Balaban J connectivity index is 1.11. The fourth-order valence-electron chi connectivity index (χ4n) is 8.46. The molecule has 0 N–H and O–H groups in total. The minimum Gasteiger partial charge on any atom is -0.452 e. The van der Waals surface area contributed by atoms with Crippen molar-refractivity contribution >= 4 is 22.1 Å². The Bertz CT molecular complexity index is 2660. The predicted molar refractivity (Wildman–Crippen MR) is 201 cm³/mol. The zero-order chi connectivity index (χ0) is 33.1. The fraction of sp³-hybridized carbons (Fsp3) is 0.130. The van der Waals surface area contributed by atoms with Gasteiger partial charge in [-0.15, -0.1) is 0 Å². The summed E-state index contributed by atoms with van der Waals surface area (Å²) in [6.07, 6.45) is 0. The Hall–Kier alpha value is -5.80. The molecule has 0 radical (unpaired) electrons. The summed E-state index contributed by atoms with van der Waals surface area (Å²) < 4.78 is 6.44. The molecule has 49 heavy (non-hydrogen) atoms. The molecule has 2 aliphatic carbocycles. The van der Waals surface area contributed by atoms with Crippen molar-refractivity contribution in [3.63, 3.8) is 0 Å². The molecule has 0 saturated carbocycles. The highest BCUT2D eigenvalue weighted by Gasteiger charge is 2.41. The van der Waals surface area contributed by atoms with Crippen LogP contribution in [0.2, 0.25) is 0 Å². The summed E-state index contributed by atoms with van der Waals surface area (Å²) in [6, 6.07) is 47.9. The minimum atomic E-state index is -0.132. The number of para-hydroxylation sites is 1.